The van der Waals surface area contributed by atoms with Crippen molar-refractivity contribution in [2.75, 3.05) is 44.2 Å². The van der Waals surface area contributed by atoms with Crippen molar-refractivity contribution >= 4 is 18.0 Å². The first kappa shape index (κ1) is 22.5. The first-order chi connectivity index (χ1) is 16.6. The third kappa shape index (κ3) is 4.79. The lowest BCUT2D eigenvalue weighted by molar-refractivity contribution is 0.0553. The van der Waals surface area contributed by atoms with Crippen LogP contribution in [0.15, 0.2) is 42.5 Å². The Morgan fingerprint density at radius 1 is 0.941 bits per heavy atom. The zero-order valence-electron chi connectivity index (χ0n) is 19.5. The molecule has 2 fully saturated rings. The summed E-state index contributed by atoms with van der Waals surface area (Å²) in [6, 6.07) is 14.5. The van der Waals surface area contributed by atoms with Crippen LogP contribution in [-0.2, 0) is 29.1 Å². The van der Waals surface area contributed by atoms with Gasteiger partial charge in [-0.05, 0) is 30.5 Å². The zero-order chi connectivity index (χ0) is 23.5. The number of pyridine rings is 1. The Bertz CT molecular complexity index is 1030. The van der Waals surface area contributed by atoms with E-state index in [0.29, 0.717) is 38.3 Å². The summed E-state index contributed by atoms with van der Waals surface area (Å²) in [5, 5.41) is 3.48. The number of anilines is 1. The fraction of sp³-hybridized carbons (Fsp3) is 0.480. The standard InChI is InChI=1S/C25H31N5O4/c1-18-14-26-15-22-13-20-7-8-21(27-23(20)30(18)22)17-34-25(32)29-11-9-28(10-12-29)24(31)33-16-19-5-3-2-4-6-19/h2-8,18,22,26H,9-17H2,1H3/t18-,22-/m1/s1. The number of fused-ring (bicyclic) bond motifs is 3. The maximum absolute atomic E-state index is 12.6. The van der Waals surface area contributed by atoms with Gasteiger partial charge in [-0.3, -0.25) is 0 Å². The van der Waals surface area contributed by atoms with Gasteiger partial charge in [0.05, 0.1) is 5.69 Å². The van der Waals surface area contributed by atoms with Crippen molar-refractivity contribution in [1.29, 1.82) is 0 Å². The molecular formula is C25H31N5O4. The number of carbonyl (C=O) groups excluding carboxylic acids is 2. The molecule has 0 saturated carbocycles. The molecule has 3 aliphatic rings. The van der Waals surface area contributed by atoms with E-state index in [9.17, 15) is 9.59 Å². The number of benzene rings is 1. The second kappa shape index (κ2) is 9.89. The summed E-state index contributed by atoms with van der Waals surface area (Å²) in [6.07, 6.45) is 0.255. The fourth-order valence-electron chi connectivity index (χ4n) is 4.91. The van der Waals surface area contributed by atoms with E-state index < -0.39 is 0 Å². The van der Waals surface area contributed by atoms with E-state index in [1.165, 1.54) is 5.56 Å². The minimum absolute atomic E-state index is 0.135. The van der Waals surface area contributed by atoms with E-state index in [1.807, 2.05) is 36.4 Å². The number of nitrogens with one attached hydrogen (secondary N) is 1. The van der Waals surface area contributed by atoms with Gasteiger partial charge < -0.3 is 29.5 Å². The second-order valence-corrected chi connectivity index (χ2v) is 9.13. The maximum Gasteiger partial charge on any atom is 0.410 e. The molecule has 9 heteroatoms. The van der Waals surface area contributed by atoms with Crippen molar-refractivity contribution in [1.82, 2.24) is 20.1 Å². The van der Waals surface area contributed by atoms with Gasteiger partial charge in [0.1, 0.15) is 19.0 Å². The molecule has 2 atom stereocenters. The Hall–Kier alpha value is -3.33. The average Bonchev–Trinajstić information content (AvgIpc) is 3.25. The van der Waals surface area contributed by atoms with Gasteiger partial charge in [-0.15, -0.1) is 0 Å². The minimum Gasteiger partial charge on any atom is -0.445 e. The van der Waals surface area contributed by atoms with E-state index in [4.69, 9.17) is 14.5 Å². The maximum atomic E-state index is 12.6. The lowest BCUT2D eigenvalue weighted by Gasteiger charge is -2.37. The van der Waals surface area contributed by atoms with Crippen LogP contribution in [0.2, 0.25) is 0 Å². The first-order valence-corrected chi connectivity index (χ1v) is 11.9. The normalized spacial score (nSPS) is 21.6. The Morgan fingerprint density at radius 2 is 1.62 bits per heavy atom. The van der Waals surface area contributed by atoms with Gasteiger partial charge in [0.2, 0.25) is 0 Å². The Balaban J connectivity index is 1.09. The summed E-state index contributed by atoms with van der Waals surface area (Å²) in [6.45, 7) is 6.16. The molecule has 1 aromatic heterocycles. The van der Waals surface area contributed by atoms with Crippen molar-refractivity contribution < 1.29 is 19.1 Å². The van der Waals surface area contributed by atoms with Gasteiger partial charge in [-0.25, -0.2) is 14.6 Å². The Labute approximate surface area is 199 Å². The number of rotatable bonds is 4. The molecular weight excluding hydrogens is 434 g/mol. The Morgan fingerprint density at radius 3 is 2.32 bits per heavy atom. The minimum atomic E-state index is -0.381. The number of amides is 2. The topological polar surface area (TPSA) is 87.2 Å². The van der Waals surface area contributed by atoms with E-state index in [-0.39, 0.29) is 25.4 Å². The molecule has 9 nitrogen and oxygen atoms in total. The molecule has 5 rings (SSSR count). The van der Waals surface area contributed by atoms with Crippen molar-refractivity contribution in [2.45, 2.75) is 38.6 Å². The van der Waals surface area contributed by atoms with Crippen LogP contribution in [0.1, 0.15) is 23.7 Å². The highest BCUT2D eigenvalue weighted by Crippen LogP contribution is 2.33. The quantitative estimate of drug-likeness (QED) is 0.742. The van der Waals surface area contributed by atoms with Crippen LogP contribution in [0.5, 0.6) is 0 Å². The van der Waals surface area contributed by atoms with Gasteiger partial charge in [-0.2, -0.15) is 0 Å². The molecule has 2 amide bonds. The summed E-state index contributed by atoms with van der Waals surface area (Å²) in [7, 11) is 0. The molecule has 2 aromatic rings. The third-order valence-electron chi connectivity index (χ3n) is 6.75. The fourth-order valence-corrected chi connectivity index (χ4v) is 4.91. The molecule has 0 radical (unpaired) electrons. The van der Waals surface area contributed by atoms with Gasteiger partial charge in [0.25, 0.3) is 0 Å². The molecule has 34 heavy (non-hydrogen) atoms. The van der Waals surface area contributed by atoms with E-state index in [2.05, 4.69) is 23.2 Å². The highest BCUT2D eigenvalue weighted by atomic mass is 16.6. The van der Waals surface area contributed by atoms with Crippen LogP contribution in [0.25, 0.3) is 0 Å². The second-order valence-electron chi connectivity index (χ2n) is 9.13. The third-order valence-corrected chi connectivity index (χ3v) is 6.75. The van der Waals surface area contributed by atoms with Crippen molar-refractivity contribution in [2.24, 2.45) is 0 Å². The smallest absolute Gasteiger partial charge is 0.410 e. The number of carbonyl (C=O) groups is 2. The number of hydrogen-bond donors (Lipinski definition) is 1. The van der Waals surface area contributed by atoms with E-state index in [1.54, 1.807) is 9.80 Å². The van der Waals surface area contributed by atoms with Crippen molar-refractivity contribution in [3.8, 4) is 0 Å². The lowest BCUT2D eigenvalue weighted by atomic mass is 10.1. The first-order valence-electron chi connectivity index (χ1n) is 11.9. The number of aromatic nitrogens is 1. The number of nitrogens with zero attached hydrogens (tertiary/aromatic N) is 4. The Kier molecular flexibility index (Phi) is 6.53. The molecule has 1 N–H and O–H groups in total. The van der Waals surface area contributed by atoms with Crippen LogP contribution in [0, 0.1) is 0 Å². The molecule has 180 valence electrons. The summed E-state index contributed by atoms with van der Waals surface area (Å²) >= 11 is 0. The summed E-state index contributed by atoms with van der Waals surface area (Å²) in [5.74, 6) is 1.02. The molecule has 4 heterocycles. The van der Waals surface area contributed by atoms with E-state index in [0.717, 1.165) is 36.6 Å². The monoisotopic (exact) mass is 465 g/mol. The molecule has 0 spiro atoms. The van der Waals surface area contributed by atoms with Crippen LogP contribution < -0.4 is 10.2 Å². The van der Waals surface area contributed by atoms with Crippen LogP contribution >= 0.6 is 0 Å². The molecule has 2 saturated heterocycles. The molecule has 3 aliphatic heterocycles. The summed E-state index contributed by atoms with van der Waals surface area (Å²) in [5.41, 5.74) is 2.95. The molecule has 0 bridgehead atoms. The van der Waals surface area contributed by atoms with Gasteiger partial charge in [0, 0.05) is 51.4 Å². The number of piperazine rings is 2. The number of hydrogen-bond acceptors (Lipinski definition) is 7. The van der Waals surface area contributed by atoms with Gasteiger partial charge in [-0.1, -0.05) is 36.4 Å². The van der Waals surface area contributed by atoms with Gasteiger partial charge >= 0.3 is 12.2 Å². The predicted molar refractivity (Wildman–Crippen MR) is 126 cm³/mol. The highest BCUT2D eigenvalue weighted by molar-refractivity contribution is 5.70. The van der Waals surface area contributed by atoms with Crippen LogP contribution in [0.4, 0.5) is 15.4 Å². The largest absolute Gasteiger partial charge is 0.445 e. The molecule has 0 aliphatic carbocycles. The van der Waals surface area contributed by atoms with Crippen LogP contribution in [-0.4, -0.2) is 78.3 Å². The number of ether oxygens (including phenoxy) is 2. The predicted octanol–water partition coefficient (Wildman–Crippen LogP) is 2.40. The van der Waals surface area contributed by atoms with Crippen molar-refractivity contribution in [3.63, 3.8) is 0 Å². The SMILES string of the molecule is C[C@@H]1CNC[C@H]2Cc3ccc(COC(=O)N4CCN(C(=O)OCc5ccccc5)CC4)nc3N21. The van der Waals surface area contributed by atoms with Gasteiger partial charge in [0.15, 0.2) is 0 Å². The molecule has 1 aromatic carbocycles. The summed E-state index contributed by atoms with van der Waals surface area (Å²) < 4.78 is 10.9. The average molecular weight is 466 g/mol. The lowest BCUT2D eigenvalue weighted by Crippen LogP contribution is -2.55. The highest BCUT2D eigenvalue weighted by Gasteiger charge is 2.36. The zero-order valence-corrected chi connectivity index (χ0v) is 19.5. The van der Waals surface area contributed by atoms with Crippen LogP contribution in [0.3, 0.4) is 0 Å². The molecule has 0 unspecified atom stereocenters. The van der Waals surface area contributed by atoms with E-state index >= 15 is 0 Å². The summed E-state index contributed by atoms with van der Waals surface area (Å²) in [4.78, 5) is 35.4. The van der Waals surface area contributed by atoms with Crippen molar-refractivity contribution in [3.05, 3.63) is 59.3 Å².